The van der Waals surface area contributed by atoms with E-state index in [1.165, 1.54) is 55.0 Å². The third-order valence-electron chi connectivity index (χ3n) is 10.6. The van der Waals surface area contributed by atoms with E-state index in [-0.39, 0.29) is 5.92 Å². The van der Waals surface area contributed by atoms with E-state index < -0.39 is 0 Å². The van der Waals surface area contributed by atoms with Crippen molar-refractivity contribution >= 4 is 49.8 Å². The van der Waals surface area contributed by atoms with Crippen LogP contribution in [0.2, 0.25) is 0 Å². The average Bonchev–Trinajstić information content (AvgIpc) is 3.55. The van der Waals surface area contributed by atoms with E-state index in [4.69, 9.17) is 9.98 Å². The summed E-state index contributed by atoms with van der Waals surface area (Å²) in [6, 6.07) is 41.1. The molecule has 0 spiro atoms. The van der Waals surface area contributed by atoms with E-state index in [0.717, 1.165) is 29.7 Å². The van der Waals surface area contributed by atoms with Gasteiger partial charge in [0.05, 0.1) is 23.3 Å². The van der Waals surface area contributed by atoms with E-state index in [2.05, 4.69) is 163 Å². The van der Waals surface area contributed by atoms with Gasteiger partial charge in [0.1, 0.15) is 0 Å². The van der Waals surface area contributed by atoms with Gasteiger partial charge in [-0.2, -0.15) is 0 Å². The first-order chi connectivity index (χ1) is 25.8. The first-order valence-corrected chi connectivity index (χ1v) is 18.2. The quantitative estimate of drug-likeness (QED) is 0.120. The fraction of sp³-hybridized carbons (Fsp3) is 0.102. The topological polar surface area (TPSA) is 29.6 Å². The summed E-state index contributed by atoms with van der Waals surface area (Å²) < 4.78 is 2.41. The van der Waals surface area contributed by atoms with Crippen LogP contribution < -0.4 is 0 Å². The van der Waals surface area contributed by atoms with Gasteiger partial charge < -0.3 is 4.57 Å². The van der Waals surface area contributed by atoms with Gasteiger partial charge in [0, 0.05) is 39.4 Å². The van der Waals surface area contributed by atoms with Crippen molar-refractivity contribution in [1.29, 1.82) is 0 Å². The van der Waals surface area contributed by atoms with Gasteiger partial charge in [-0.1, -0.05) is 158 Å². The summed E-state index contributed by atoms with van der Waals surface area (Å²) in [4.78, 5) is 10.4. The predicted molar refractivity (Wildman–Crippen MR) is 221 cm³/mol. The molecule has 0 radical (unpaired) electrons. The Bertz CT molecular complexity index is 2560. The van der Waals surface area contributed by atoms with Crippen molar-refractivity contribution in [2.24, 2.45) is 15.9 Å². The molecule has 3 nitrogen and oxygen atoms in total. The number of benzene rings is 5. The lowest BCUT2D eigenvalue weighted by Crippen LogP contribution is -2.13. The monoisotopic (exact) mass is 669 g/mol. The van der Waals surface area contributed by atoms with Crippen LogP contribution in [0.3, 0.4) is 0 Å². The van der Waals surface area contributed by atoms with Crippen LogP contribution in [0, 0.1) is 5.92 Å². The highest BCUT2D eigenvalue weighted by Gasteiger charge is 2.21. The molecule has 3 aliphatic carbocycles. The van der Waals surface area contributed by atoms with Gasteiger partial charge in [0.25, 0.3) is 0 Å². The van der Waals surface area contributed by atoms with Crippen LogP contribution in [0.15, 0.2) is 204 Å². The first kappa shape index (κ1) is 31.6. The lowest BCUT2D eigenvalue weighted by molar-refractivity contribution is 0.775. The van der Waals surface area contributed by atoms with Gasteiger partial charge in [-0.3, -0.25) is 4.99 Å². The Balaban J connectivity index is 1.05. The number of amidine groups is 1. The summed E-state index contributed by atoms with van der Waals surface area (Å²) in [6.45, 7) is 4.69. The van der Waals surface area contributed by atoms with Gasteiger partial charge in [-0.15, -0.1) is 0 Å². The fourth-order valence-corrected chi connectivity index (χ4v) is 8.06. The van der Waals surface area contributed by atoms with Crippen LogP contribution in [0.4, 0.5) is 0 Å². The van der Waals surface area contributed by atoms with Crippen LogP contribution in [0.5, 0.6) is 0 Å². The molecule has 1 heterocycles. The summed E-state index contributed by atoms with van der Waals surface area (Å²) in [7, 11) is 0. The molecule has 9 rings (SSSR count). The number of nitrogens with zero attached hydrogens (tertiary/aromatic N) is 3. The molecule has 6 aromatic rings. The number of hydrogen-bond donors (Lipinski definition) is 0. The number of aromatic nitrogens is 1. The van der Waals surface area contributed by atoms with Crippen molar-refractivity contribution < 1.29 is 0 Å². The van der Waals surface area contributed by atoms with E-state index in [1.54, 1.807) is 0 Å². The number of fused-ring (bicyclic) bond motifs is 5. The largest absolute Gasteiger partial charge is 0.310 e. The lowest BCUT2D eigenvalue weighted by Gasteiger charge is -2.22. The third kappa shape index (κ3) is 5.75. The summed E-state index contributed by atoms with van der Waals surface area (Å²) in [5.41, 5.74) is 10.5. The average molecular weight is 670 g/mol. The zero-order chi connectivity index (χ0) is 34.9. The zero-order valence-corrected chi connectivity index (χ0v) is 29.1. The van der Waals surface area contributed by atoms with E-state index >= 15 is 0 Å². The van der Waals surface area contributed by atoms with Crippen LogP contribution in [-0.2, 0) is 6.54 Å². The molecule has 0 saturated carbocycles. The highest BCUT2D eigenvalue weighted by molar-refractivity contribution is 6.18. The molecule has 0 aliphatic heterocycles. The van der Waals surface area contributed by atoms with Crippen molar-refractivity contribution in [3.05, 3.63) is 210 Å². The maximum Gasteiger partial charge on any atom is 0.155 e. The molecule has 2 unspecified atom stereocenters. The highest BCUT2D eigenvalue weighted by atomic mass is 15.0. The molecule has 3 heteroatoms. The van der Waals surface area contributed by atoms with Gasteiger partial charge in [0.2, 0.25) is 0 Å². The standard InChI is InChI=1S/C49H39N3/c1-2-46(43-24-14-18-34-15-6-7-19-39(34)43)51-49(36-16-4-3-5-17-36)50-33-37-29-32-41(42-21-9-8-20-40(37)42)35-27-30-38(31-28-35)52-47-25-12-10-22-44(47)45-23-11-13-26-48(45)52/h2-17,19-27,29-32,34-35H,1,18,28,33H2. The second-order valence-corrected chi connectivity index (χ2v) is 13.6. The minimum absolute atomic E-state index is 0.282. The van der Waals surface area contributed by atoms with Crippen LogP contribution >= 0.6 is 0 Å². The molecule has 250 valence electrons. The van der Waals surface area contributed by atoms with Crippen LogP contribution in [0.1, 0.15) is 35.4 Å². The van der Waals surface area contributed by atoms with Crippen molar-refractivity contribution in [2.75, 3.05) is 0 Å². The predicted octanol–water partition coefficient (Wildman–Crippen LogP) is 12.1. The third-order valence-corrected chi connectivity index (χ3v) is 10.6. The van der Waals surface area contributed by atoms with Crippen LogP contribution in [-0.4, -0.2) is 16.1 Å². The molecule has 0 N–H and O–H groups in total. The molecule has 3 aliphatic rings. The number of para-hydroxylation sites is 2. The molecule has 0 bridgehead atoms. The van der Waals surface area contributed by atoms with Crippen molar-refractivity contribution in [1.82, 2.24) is 4.57 Å². The summed E-state index contributed by atoms with van der Waals surface area (Å²) in [5, 5.41) is 5.09. The Morgan fingerprint density at radius 3 is 2.12 bits per heavy atom. The molecular weight excluding hydrogens is 631 g/mol. The molecule has 1 aromatic heterocycles. The zero-order valence-electron chi connectivity index (χ0n) is 29.1. The van der Waals surface area contributed by atoms with Crippen LogP contribution in [0.25, 0.3) is 38.3 Å². The first-order valence-electron chi connectivity index (χ1n) is 18.2. The Labute approximate surface area is 305 Å². The Kier molecular flexibility index (Phi) is 8.38. The van der Waals surface area contributed by atoms with Gasteiger partial charge in [0.15, 0.2) is 5.84 Å². The van der Waals surface area contributed by atoms with Gasteiger partial charge in [-0.05, 0) is 64.6 Å². The number of rotatable bonds is 7. The second-order valence-electron chi connectivity index (χ2n) is 13.6. The second kappa shape index (κ2) is 13.8. The van der Waals surface area contributed by atoms with E-state index in [9.17, 15) is 0 Å². The number of aliphatic imine (C=N–C) groups is 2. The minimum Gasteiger partial charge on any atom is -0.310 e. The van der Waals surface area contributed by atoms with Gasteiger partial charge >= 0.3 is 0 Å². The molecular formula is C49H39N3. The SMILES string of the molecule is C=CC(=NC(=NCc1ccc(C2C=CC(n3c4ccccc4c4ccccc43)=CC2)c2ccccc12)c1ccccc1)C1=C2C=CC=CC2CC=C1. The summed E-state index contributed by atoms with van der Waals surface area (Å²) >= 11 is 0. The van der Waals surface area contributed by atoms with E-state index in [0.29, 0.717) is 18.3 Å². The normalized spacial score (nSPS) is 18.7. The molecule has 52 heavy (non-hydrogen) atoms. The number of hydrogen-bond acceptors (Lipinski definition) is 1. The van der Waals surface area contributed by atoms with E-state index in [1.807, 2.05) is 24.3 Å². The molecule has 0 fully saturated rings. The summed E-state index contributed by atoms with van der Waals surface area (Å²) in [6.07, 6.45) is 24.0. The minimum atomic E-state index is 0.282. The summed E-state index contributed by atoms with van der Waals surface area (Å²) in [5.74, 6) is 1.36. The Hall–Kier alpha value is -6.32. The Morgan fingerprint density at radius 2 is 1.38 bits per heavy atom. The highest BCUT2D eigenvalue weighted by Crippen LogP contribution is 2.38. The maximum absolute atomic E-state index is 5.21. The molecule has 2 atom stereocenters. The maximum atomic E-state index is 5.21. The van der Waals surface area contributed by atoms with Crippen molar-refractivity contribution in [3.63, 3.8) is 0 Å². The smallest absolute Gasteiger partial charge is 0.155 e. The Morgan fingerprint density at radius 1 is 0.673 bits per heavy atom. The van der Waals surface area contributed by atoms with Gasteiger partial charge in [-0.25, -0.2) is 4.99 Å². The lowest BCUT2D eigenvalue weighted by atomic mass is 9.82. The molecule has 0 saturated heterocycles. The molecule has 0 amide bonds. The van der Waals surface area contributed by atoms with Crippen molar-refractivity contribution in [3.8, 4) is 0 Å². The molecule has 5 aromatic carbocycles. The number of allylic oxidation sites excluding steroid dienone is 13. The van der Waals surface area contributed by atoms with Crippen molar-refractivity contribution in [2.45, 2.75) is 25.3 Å². The fourth-order valence-electron chi connectivity index (χ4n) is 8.06.